The van der Waals surface area contributed by atoms with Gasteiger partial charge in [-0.15, -0.1) is 11.3 Å². The van der Waals surface area contributed by atoms with E-state index in [0.717, 1.165) is 22.3 Å². The SMILES string of the molecule is CNC(=O)NSCCSCc1nccs1. The molecule has 0 aliphatic carbocycles. The number of amides is 2. The number of urea groups is 1. The molecular formula is C8H13N3OS3. The highest BCUT2D eigenvalue weighted by atomic mass is 32.2. The first kappa shape index (κ1) is 12.7. The zero-order chi connectivity index (χ0) is 10.9. The van der Waals surface area contributed by atoms with Gasteiger partial charge in [-0.05, 0) is 11.9 Å². The smallest absolute Gasteiger partial charge is 0.324 e. The summed E-state index contributed by atoms with van der Waals surface area (Å²) in [6.07, 6.45) is 1.82. The first-order valence-corrected chi connectivity index (χ1v) is 7.40. The van der Waals surface area contributed by atoms with Gasteiger partial charge < -0.3 is 5.32 Å². The van der Waals surface area contributed by atoms with Gasteiger partial charge in [0, 0.05) is 35.9 Å². The zero-order valence-electron chi connectivity index (χ0n) is 8.36. The van der Waals surface area contributed by atoms with E-state index in [0.29, 0.717) is 0 Å². The second-order valence-electron chi connectivity index (χ2n) is 2.51. The fourth-order valence-electron chi connectivity index (χ4n) is 0.752. The number of hydrogen-bond donors (Lipinski definition) is 2. The van der Waals surface area contributed by atoms with Gasteiger partial charge in [-0.25, -0.2) is 9.78 Å². The molecule has 1 heterocycles. The Kier molecular flexibility index (Phi) is 6.62. The van der Waals surface area contributed by atoms with Crippen molar-refractivity contribution in [3.8, 4) is 0 Å². The van der Waals surface area contributed by atoms with Crippen LogP contribution in [0.1, 0.15) is 5.01 Å². The number of carbonyl (C=O) groups is 1. The first-order chi connectivity index (χ1) is 7.33. The molecule has 0 unspecified atom stereocenters. The summed E-state index contributed by atoms with van der Waals surface area (Å²) in [5, 5.41) is 5.63. The average Bonchev–Trinajstić information content (AvgIpc) is 2.75. The molecule has 15 heavy (non-hydrogen) atoms. The van der Waals surface area contributed by atoms with Crippen molar-refractivity contribution in [2.24, 2.45) is 0 Å². The van der Waals surface area contributed by atoms with E-state index in [-0.39, 0.29) is 6.03 Å². The summed E-state index contributed by atoms with van der Waals surface area (Å²) in [6, 6.07) is -0.148. The molecular weight excluding hydrogens is 250 g/mol. The normalized spacial score (nSPS) is 9.93. The van der Waals surface area contributed by atoms with Gasteiger partial charge in [0.15, 0.2) is 0 Å². The third-order valence-corrected chi connectivity index (χ3v) is 4.36. The molecule has 0 saturated carbocycles. The van der Waals surface area contributed by atoms with E-state index in [1.54, 1.807) is 18.4 Å². The Bertz CT molecular complexity index is 279. The van der Waals surface area contributed by atoms with E-state index < -0.39 is 0 Å². The van der Waals surface area contributed by atoms with Crippen LogP contribution in [-0.4, -0.2) is 29.6 Å². The molecule has 0 saturated heterocycles. The van der Waals surface area contributed by atoms with E-state index in [9.17, 15) is 4.79 Å². The van der Waals surface area contributed by atoms with Crippen LogP contribution in [0.15, 0.2) is 11.6 Å². The Labute approximate surface area is 102 Å². The summed E-state index contributed by atoms with van der Waals surface area (Å²) >= 11 is 4.93. The second kappa shape index (κ2) is 7.84. The summed E-state index contributed by atoms with van der Waals surface area (Å²) in [5.74, 6) is 2.87. The van der Waals surface area contributed by atoms with Gasteiger partial charge in [-0.2, -0.15) is 11.8 Å². The lowest BCUT2D eigenvalue weighted by molar-refractivity contribution is 0.248. The molecule has 0 aliphatic rings. The minimum absolute atomic E-state index is 0.148. The first-order valence-electron chi connectivity index (χ1n) is 4.38. The van der Waals surface area contributed by atoms with E-state index in [1.165, 1.54) is 11.9 Å². The van der Waals surface area contributed by atoms with Gasteiger partial charge in [0.1, 0.15) is 5.01 Å². The average molecular weight is 263 g/mol. The van der Waals surface area contributed by atoms with Crippen LogP contribution in [0.4, 0.5) is 4.79 Å². The summed E-state index contributed by atoms with van der Waals surface area (Å²) in [7, 11) is 1.60. The van der Waals surface area contributed by atoms with Crippen LogP contribution in [-0.2, 0) is 5.75 Å². The Hall–Kier alpha value is -0.400. The largest absolute Gasteiger partial charge is 0.341 e. The molecule has 0 radical (unpaired) electrons. The lowest BCUT2D eigenvalue weighted by atomic mass is 10.8. The minimum atomic E-state index is -0.148. The van der Waals surface area contributed by atoms with E-state index in [4.69, 9.17) is 0 Å². The van der Waals surface area contributed by atoms with E-state index >= 15 is 0 Å². The predicted molar refractivity (Wildman–Crippen MR) is 68.3 cm³/mol. The molecule has 0 bridgehead atoms. The van der Waals surface area contributed by atoms with Crippen molar-refractivity contribution in [3.05, 3.63) is 16.6 Å². The molecule has 0 fully saturated rings. The third-order valence-electron chi connectivity index (χ3n) is 1.43. The monoisotopic (exact) mass is 263 g/mol. The van der Waals surface area contributed by atoms with Crippen molar-refractivity contribution >= 4 is 41.1 Å². The van der Waals surface area contributed by atoms with Gasteiger partial charge in [-0.1, -0.05) is 0 Å². The molecule has 7 heteroatoms. The highest BCUT2D eigenvalue weighted by Crippen LogP contribution is 2.14. The number of rotatable bonds is 6. The Morgan fingerprint density at radius 3 is 3.13 bits per heavy atom. The molecule has 2 N–H and O–H groups in total. The molecule has 1 aromatic heterocycles. The Morgan fingerprint density at radius 2 is 2.47 bits per heavy atom. The number of thioether (sulfide) groups is 1. The molecule has 84 valence electrons. The number of aromatic nitrogens is 1. The maximum Gasteiger partial charge on any atom is 0.324 e. The van der Waals surface area contributed by atoms with Crippen molar-refractivity contribution in [2.45, 2.75) is 5.75 Å². The van der Waals surface area contributed by atoms with Crippen molar-refractivity contribution in [3.63, 3.8) is 0 Å². The van der Waals surface area contributed by atoms with Crippen LogP contribution < -0.4 is 10.0 Å². The van der Waals surface area contributed by atoms with Crippen molar-refractivity contribution in [1.29, 1.82) is 0 Å². The molecule has 4 nitrogen and oxygen atoms in total. The van der Waals surface area contributed by atoms with Gasteiger partial charge in [0.05, 0.1) is 0 Å². The highest BCUT2D eigenvalue weighted by Gasteiger charge is 1.97. The predicted octanol–water partition coefficient (Wildman–Crippen LogP) is 1.95. The van der Waals surface area contributed by atoms with Crippen LogP contribution in [0.5, 0.6) is 0 Å². The van der Waals surface area contributed by atoms with Crippen LogP contribution in [0, 0.1) is 0 Å². The lowest BCUT2D eigenvalue weighted by Gasteiger charge is -2.02. The van der Waals surface area contributed by atoms with Crippen LogP contribution in [0.25, 0.3) is 0 Å². The number of nitrogens with one attached hydrogen (secondary N) is 2. The summed E-state index contributed by atoms with van der Waals surface area (Å²) in [6.45, 7) is 0. The number of nitrogens with zero attached hydrogens (tertiary/aromatic N) is 1. The van der Waals surface area contributed by atoms with Crippen LogP contribution >= 0.6 is 35.0 Å². The summed E-state index contributed by atoms with van der Waals surface area (Å²) in [4.78, 5) is 15.0. The summed E-state index contributed by atoms with van der Waals surface area (Å²) < 4.78 is 2.67. The standard InChI is InChI=1S/C8H13N3OS3/c1-9-8(12)11-15-5-4-13-6-7-10-2-3-14-7/h2-3H,4-6H2,1H3,(H2,9,11,12). The van der Waals surface area contributed by atoms with E-state index in [1.807, 2.05) is 23.3 Å². The molecule has 1 aromatic rings. The van der Waals surface area contributed by atoms with Crippen molar-refractivity contribution < 1.29 is 4.79 Å². The maximum atomic E-state index is 10.8. The molecule has 0 spiro atoms. The molecule has 1 rings (SSSR count). The van der Waals surface area contributed by atoms with Gasteiger partial charge >= 0.3 is 6.03 Å². The minimum Gasteiger partial charge on any atom is -0.341 e. The van der Waals surface area contributed by atoms with Crippen LogP contribution in [0.3, 0.4) is 0 Å². The maximum absolute atomic E-state index is 10.8. The fourth-order valence-corrected chi connectivity index (χ4v) is 3.21. The zero-order valence-corrected chi connectivity index (χ0v) is 10.8. The van der Waals surface area contributed by atoms with Crippen LogP contribution in [0.2, 0.25) is 0 Å². The third kappa shape index (κ3) is 5.91. The second-order valence-corrected chi connectivity index (χ2v) is 5.49. The van der Waals surface area contributed by atoms with Gasteiger partial charge in [0.25, 0.3) is 0 Å². The molecule has 2 amide bonds. The Morgan fingerprint density at radius 1 is 1.60 bits per heavy atom. The Balaban J connectivity index is 1.91. The molecule has 0 aromatic carbocycles. The molecule has 0 aliphatic heterocycles. The highest BCUT2D eigenvalue weighted by molar-refractivity contribution is 8.01. The fraction of sp³-hybridized carbons (Fsp3) is 0.500. The van der Waals surface area contributed by atoms with Gasteiger partial charge in [0.2, 0.25) is 0 Å². The van der Waals surface area contributed by atoms with E-state index in [2.05, 4.69) is 15.0 Å². The summed E-state index contributed by atoms with van der Waals surface area (Å²) in [5.41, 5.74) is 0. The molecule has 0 atom stereocenters. The lowest BCUT2D eigenvalue weighted by Crippen LogP contribution is -2.27. The number of thiazole rings is 1. The number of hydrogen-bond acceptors (Lipinski definition) is 5. The van der Waals surface area contributed by atoms with Crippen molar-refractivity contribution in [2.75, 3.05) is 18.6 Å². The quantitative estimate of drug-likeness (QED) is 0.608. The topological polar surface area (TPSA) is 54.0 Å². The number of carbonyl (C=O) groups excluding carboxylic acids is 1. The van der Waals surface area contributed by atoms with Gasteiger partial charge in [-0.3, -0.25) is 4.72 Å². The van der Waals surface area contributed by atoms with Crippen molar-refractivity contribution in [1.82, 2.24) is 15.0 Å².